The largest absolute Gasteiger partial charge is 0.307 e. The number of carbonyl (C=O) groups is 1. The molecule has 94 valence electrons. The number of aromatic nitrogens is 2. The Kier molecular flexibility index (Phi) is 5.63. The van der Waals surface area contributed by atoms with Crippen LogP contribution < -0.4 is 5.32 Å². The van der Waals surface area contributed by atoms with E-state index in [2.05, 4.69) is 30.8 Å². The smallest absolute Gasteiger partial charge is 0.152 e. The quantitative estimate of drug-likeness (QED) is 0.551. The van der Waals surface area contributed by atoms with Crippen molar-refractivity contribution in [3.05, 3.63) is 30.6 Å². The van der Waals surface area contributed by atoms with Crippen molar-refractivity contribution in [2.45, 2.75) is 32.7 Å². The van der Waals surface area contributed by atoms with E-state index in [1.54, 1.807) is 6.08 Å². The first-order chi connectivity index (χ1) is 8.17. The molecular weight excluding hydrogens is 214 g/mol. The highest BCUT2D eigenvalue weighted by atomic mass is 16.1. The van der Waals surface area contributed by atoms with Crippen molar-refractivity contribution in [2.24, 2.45) is 0 Å². The van der Waals surface area contributed by atoms with Crippen molar-refractivity contribution in [3.63, 3.8) is 0 Å². The van der Waals surface area contributed by atoms with Gasteiger partial charge >= 0.3 is 0 Å². The van der Waals surface area contributed by atoms with E-state index in [-0.39, 0.29) is 5.78 Å². The molecule has 1 rings (SSSR count). The van der Waals surface area contributed by atoms with Crippen molar-refractivity contribution in [1.29, 1.82) is 0 Å². The number of carbonyl (C=O) groups excluding carboxylic acids is 1. The van der Waals surface area contributed by atoms with Crippen molar-refractivity contribution < 1.29 is 4.79 Å². The Bertz CT molecular complexity index is 370. The molecule has 1 N–H and O–H groups in total. The maximum Gasteiger partial charge on any atom is 0.152 e. The summed E-state index contributed by atoms with van der Waals surface area (Å²) < 4.78 is 1.92. The molecule has 0 bridgehead atoms. The molecule has 1 unspecified atom stereocenters. The lowest BCUT2D eigenvalue weighted by Crippen LogP contribution is -2.24. The van der Waals surface area contributed by atoms with Gasteiger partial charge in [-0.15, -0.1) is 6.58 Å². The Hall–Kier alpha value is -1.42. The molecule has 1 atom stereocenters. The van der Waals surface area contributed by atoms with Crippen LogP contribution in [0.2, 0.25) is 0 Å². The van der Waals surface area contributed by atoms with Crippen molar-refractivity contribution in [3.8, 4) is 0 Å². The minimum Gasteiger partial charge on any atom is -0.307 e. The molecule has 0 saturated heterocycles. The minimum absolute atomic E-state index is 0.154. The van der Waals surface area contributed by atoms with Gasteiger partial charge in [0.15, 0.2) is 5.78 Å². The van der Waals surface area contributed by atoms with E-state index in [9.17, 15) is 4.79 Å². The molecule has 0 aliphatic rings. The van der Waals surface area contributed by atoms with Gasteiger partial charge in [-0.1, -0.05) is 13.0 Å². The van der Waals surface area contributed by atoms with Crippen LogP contribution in [0.25, 0.3) is 0 Å². The number of nitrogens with zero attached hydrogens (tertiary/aromatic N) is 2. The SMILES string of the molecule is C=CCNCC(=O)Cc1ccn(C(C)CC)n1. The van der Waals surface area contributed by atoms with Crippen LogP contribution in [-0.2, 0) is 11.2 Å². The average molecular weight is 235 g/mol. The fraction of sp³-hybridized carbons (Fsp3) is 0.538. The third kappa shape index (κ3) is 4.53. The number of hydrogen-bond donors (Lipinski definition) is 1. The van der Waals surface area contributed by atoms with Crippen LogP contribution in [0.3, 0.4) is 0 Å². The minimum atomic E-state index is 0.154. The van der Waals surface area contributed by atoms with E-state index < -0.39 is 0 Å². The van der Waals surface area contributed by atoms with E-state index in [1.807, 2.05) is 16.9 Å². The molecular formula is C13H21N3O. The first kappa shape index (κ1) is 13.6. The predicted molar refractivity (Wildman–Crippen MR) is 69.0 cm³/mol. The highest BCUT2D eigenvalue weighted by molar-refractivity contribution is 5.82. The molecule has 17 heavy (non-hydrogen) atoms. The Morgan fingerprint density at radius 3 is 3.12 bits per heavy atom. The summed E-state index contributed by atoms with van der Waals surface area (Å²) in [6.07, 6.45) is 5.11. The second-order valence-electron chi connectivity index (χ2n) is 4.18. The van der Waals surface area contributed by atoms with Crippen LogP contribution in [0, 0.1) is 0 Å². The molecule has 1 aromatic heterocycles. The van der Waals surface area contributed by atoms with E-state index in [0.717, 1.165) is 12.1 Å². The van der Waals surface area contributed by atoms with Gasteiger partial charge in [0.1, 0.15) is 0 Å². The van der Waals surface area contributed by atoms with Crippen LogP contribution in [0.1, 0.15) is 32.0 Å². The van der Waals surface area contributed by atoms with E-state index in [0.29, 0.717) is 25.6 Å². The molecule has 4 nitrogen and oxygen atoms in total. The molecule has 1 aromatic rings. The summed E-state index contributed by atoms with van der Waals surface area (Å²) in [5.74, 6) is 0.154. The number of Topliss-reactive ketones (excluding diaryl/α,β-unsaturated/α-hetero) is 1. The molecule has 0 aliphatic heterocycles. The summed E-state index contributed by atoms with van der Waals surface area (Å²) in [5, 5.41) is 7.39. The molecule has 0 saturated carbocycles. The highest BCUT2D eigenvalue weighted by Crippen LogP contribution is 2.09. The highest BCUT2D eigenvalue weighted by Gasteiger charge is 2.08. The average Bonchev–Trinajstić information content (AvgIpc) is 2.77. The predicted octanol–water partition coefficient (Wildman–Crippen LogP) is 1.74. The summed E-state index contributed by atoms with van der Waals surface area (Å²) in [4.78, 5) is 11.6. The fourth-order valence-electron chi connectivity index (χ4n) is 1.48. The second kappa shape index (κ2) is 7.01. The first-order valence-corrected chi connectivity index (χ1v) is 6.04. The van der Waals surface area contributed by atoms with Gasteiger partial charge in [0.2, 0.25) is 0 Å². The lowest BCUT2D eigenvalue weighted by Gasteiger charge is -2.08. The van der Waals surface area contributed by atoms with E-state index in [1.165, 1.54) is 0 Å². The zero-order valence-corrected chi connectivity index (χ0v) is 10.6. The van der Waals surface area contributed by atoms with Crippen molar-refractivity contribution >= 4 is 5.78 Å². The lowest BCUT2D eigenvalue weighted by atomic mass is 10.2. The van der Waals surface area contributed by atoms with Crippen LogP contribution in [0.4, 0.5) is 0 Å². The van der Waals surface area contributed by atoms with E-state index in [4.69, 9.17) is 0 Å². The Morgan fingerprint density at radius 2 is 2.47 bits per heavy atom. The first-order valence-electron chi connectivity index (χ1n) is 6.04. The van der Waals surface area contributed by atoms with Crippen LogP contribution in [-0.4, -0.2) is 28.7 Å². The molecule has 0 aliphatic carbocycles. The molecule has 0 radical (unpaired) electrons. The zero-order chi connectivity index (χ0) is 12.7. The number of hydrogen-bond acceptors (Lipinski definition) is 3. The van der Waals surface area contributed by atoms with Gasteiger partial charge in [0, 0.05) is 18.8 Å². The van der Waals surface area contributed by atoms with Crippen LogP contribution in [0.15, 0.2) is 24.9 Å². The Balaban J connectivity index is 2.43. The number of nitrogens with one attached hydrogen (secondary N) is 1. The molecule has 0 fully saturated rings. The van der Waals surface area contributed by atoms with E-state index >= 15 is 0 Å². The van der Waals surface area contributed by atoms with Gasteiger partial charge in [0.25, 0.3) is 0 Å². The van der Waals surface area contributed by atoms with Crippen LogP contribution >= 0.6 is 0 Å². The topological polar surface area (TPSA) is 46.9 Å². The Labute approximate surface area is 103 Å². The maximum absolute atomic E-state index is 11.6. The molecule has 0 amide bonds. The standard InChI is InChI=1S/C13H21N3O/c1-4-7-14-10-13(17)9-12-6-8-16(15-12)11(3)5-2/h4,6,8,11,14H,1,5,7,9-10H2,2-3H3. The fourth-order valence-corrected chi connectivity index (χ4v) is 1.48. The third-order valence-electron chi connectivity index (χ3n) is 2.70. The van der Waals surface area contributed by atoms with Gasteiger partial charge in [-0.2, -0.15) is 5.10 Å². The zero-order valence-electron chi connectivity index (χ0n) is 10.6. The molecule has 1 heterocycles. The van der Waals surface area contributed by atoms with Gasteiger partial charge in [-0.25, -0.2) is 0 Å². The number of rotatable bonds is 8. The lowest BCUT2D eigenvalue weighted by molar-refractivity contribution is -0.117. The van der Waals surface area contributed by atoms with Gasteiger partial charge in [-0.3, -0.25) is 9.48 Å². The monoisotopic (exact) mass is 235 g/mol. The van der Waals surface area contributed by atoms with Gasteiger partial charge in [0.05, 0.1) is 18.7 Å². The summed E-state index contributed by atoms with van der Waals surface area (Å²) in [6, 6.07) is 2.30. The van der Waals surface area contributed by atoms with Gasteiger partial charge < -0.3 is 5.32 Å². The molecule has 0 aromatic carbocycles. The van der Waals surface area contributed by atoms with Crippen LogP contribution in [0.5, 0.6) is 0 Å². The molecule has 0 spiro atoms. The Morgan fingerprint density at radius 1 is 1.71 bits per heavy atom. The van der Waals surface area contributed by atoms with Gasteiger partial charge in [-0.05, 0) is 19.4 Å². The summed E-state index contributed by atoms with van der Waals surface area (Å²) >= 11 is 0. The second-order valence-corrected chi connectivity index (χ2v) is 4.18. The summed E-state index contributed by atoms with van der Waals surface area (Å²) in [6.45, 7) is 8.86. The van der Waals surface area contributed by atoms with Crippen molar-refractivity contribution in [1.82, 2.24) is 15.1 Å². The summed E-state index contributed by atoms with van der Waals surface area (Å²) in [7, 11) is 0. The number of ketones is 1. The third-order valence-corrected chi connectivity index (χ3v) is 2.70. The van der Waals surface area contributed by atoms with Crippen molar-refractivity contribution in [2.75, 3.05) is 13.1 Å². The maximum atomic E-state index is 11.6. The molecule has 4 heteroatoms. The summed E-state index contributed by atoms with van der Waals surface area (Å²) in [5.41, 5.74) is 0.843. The normalized spacial score (nSPS) is 12.4.